The standard InChI is InChI=1S/C25H25F9N2O2/c1-4-35(5-2)12-15-6-7-18(23(26,27)28)10-17(15)13-36-14(3)21(38-22(36)37)16-8-19(24(29,30)31)11-20(9-16)25(32,33)34/h6-11,14,21H,4-5,12-13H2,1-3H3. The fourth-order valence-corrected chi connectivity index (χ4v) is 4.28. The first-order valence-electron chi connectivity index (χ1n) is 11.6. The number of benzene rings is 2. The van der Waals surface area contributed by atoms with E-state index in [4.69, 9.17) is 4.74 Å². The molecule has 2 aromatic carbocycles. The molecule has 0 N–H and O–H groups in total. The number of carbonyl (C=O) groups is 1. The van der Waals surface area contributed by atoms with Gasteiger partial charge in [0.2, 0.25) is 0 Å². The molecule has 2 atom stereocenters. The Morgan fingerprint density at radius 1 is 0.789 bits per heavy atom. The number of carbonyl (C=O) groups excluding carboxylic acids is 1. The Bertz CT molecular complexity index is 1120. The topological polar surface area (TPSA) is 32.8 Å². The summed E-state index contributed by atoms with van der Waals surface area (Å²) < 4.78 is 125. The van der Waals surface area contributed by atoms with Crippen LogP contribution in [0, 0.1) is 0 Å². The summed E-state index contributed by atoms with van der Waals surface area (Å²) in [6, 6.07) is 2.93. The molecular formula is C25H25F9N2O2. The number of amides is 1. The highest BCUT2D eigenvalue weighted by Crippen LogP contribution is 2.41. The molecule has 0 radical (unpaired) electrons. The van der Waals surface area contributed by atoms with Crippen molar-refractivity contribution < 1.29 is 49.0 Å². The zero-order valence-electron chi connectivity index (χ0n) is 20.6. The van der Waals surface area contributed by atoms with Gasteiger partial charge in [-0.3, -0.25) is 9.80 Å². The van der Waals surface area contributed by atoms with E-state index < -0.39 is 59.0 Å². The first-order chi connectivity index (χ1) is 17.5. The average molecular weight is 556 g/mol. The first kappa shape index (κ1) is 29.6. The Kier molecular flexibility index (Phi) is 8.30. The highest BCUT2D eigenvalue weighted by atomic mass is 19.4. The van der Waals surface area contributed by atoms with Gasteiger partial charge in [-0.15, -0.1) is 0 Å². The van der Waals surface area contributed by atoms with Crippen LogP contribution in [0.15, 0.2) is 36.4 Å². The second-order valence-corrected chi connectivity index (χ2v) is 8.95. The van der Waals surface area contributed by atoms with Crippen LogP contribution in [0.1, 0.15) is 60.3 Å². The normalized spacial score (nSPS) is 18.9. The molecule has 0 spiro atoms. The van der Waals surface area contributed by atoms with Gasteiger partial charge in [0.15, 0.2) is 0 Å². The third kappa shape index (κ3) is 6.54. The maximum atomic E-state index is 13.4. The van der Waals surface area contributed by atoms with Crippen molar-refractivity contribution in [1.82, 2.24) is 9.80 Å². The molecule has 1 saturated heterocycles. The lowest BCUT2D eigenvalue weighted by Crippen LogP contribution is -2.32. The van der Waals surface area contributed by atoms with Crippen molar-refractivity contribution in [2.45, 2.75) is 64.5 Å². The van der Waals surface area contributed by atoms with Gasteiger partial charge in [-0.05, 0) is 67.0 Å². The molecule has 1 fully saturated rings. The number of ether oxygens (including phenoxy) is 1. The third-order valence-electron chi connectivity index (χ3n) is 6.49. The number of nitrogens with zero attached hydrogens (tertiary/aromatic N) is 2. The Morgan fingerprint density at radius 3 is 1.79 bits per heavy atom. The fourth-order valence-electron chi connectivity index (χ4n) is 4.28. The Labute approximate surface area is 213 Å². The van der Waals surface area contributed by atoms with Crippen LogP contribution in [0.2, 0.25) is 0 Å². The zero-order chi connectivity index (χ0) is 28.6. The molecule has 1 heterocycles. The van der Waals surface area contributed by atoms with Crippen LogP contribution in [0.3, 0.4) is 0 Å². The van der Waals surface area contributed by atoms with Crippen molar-refractivity contribution in [2.24, 2.45) is 0 Å². The lowest BCUT2D eigenvalue weighted by Gasteiger charge is -2.25. The van der Waals surface area contributed by atoms with Crippen molar-refractivity contribution in [1.29, 1.82) is 0 Å². The van der Waals surface area contributed by atoms with Crippen molar-refractivity contribution >= 4 is 6.09 Å². The summed E-state index contributed by atoms with van der Waals surface area (Å²) in [5.74, 6) is 0. The molecule has 0 bridgehead atoms. The molecule has 4 nitrogen and oxygen atoms in total. The molecule has 0 aliphatic carbocycles. The van der Waals surface area contributed by atoms with Crippen LogP contribution in [-0.2, 0) is 36.4 Å². The highest BCUT2D eigenvalue weighted by Gasteiger charge is 2.43. The van der Waals surface area contributed by atoms with E-state index in [1.807, 2.05) is 18.7 Å². The fraction of sp³-hybridized carbons (Fsp3) is 0.480. The Hall–Kier alpha value is -2.96. The molecule has 1 amide bonds. The zero-order valence-corrected chi connectivity index (χ0v) is 20.6. The summed E-state index contributed by atoms with van der Waals surface area (Å²) in [4.78, 5) is 15.6. The number of alkyl halides is 9. The van der Waals surface area contributed by atoms with Crippen LogP contribution >= 0.6 is 0 Å². The number of halogens is 9. The minimum absolute atomic E-state index is 0.0369. The minimum atomic E-state index is -5.10. The van der Waals surface area contributed by atoms with Gasteiger partial charge >= 0.3 is 24.6 Å². The van der Waals surface area contributed by atoms with E-state index in [0.717, 1.165) is 17.0 Å². The molecule has 3 rings (SSSR count). The predicted molar refractivity (Wildman–Crippen MR) is 119 cm³/mol. The van der Waals surface area contributed by atoms with E-state index in [1.54, 1.807) is 0 Å². The van der Waals surface area contributed by atoms with E-state index in [2.05, 4.69) is 0 Å². The Balaban J connectivity index is 2.00. The van der Waals surface area contributed by atoms with Crippen LogP contribution in [0.4, 0.5) is 44.3 Å². The van der Waals surface area contributed by atoms with E-state index >= 15 is 0 Å². The smallest absolute Gasteiger partial charge is 0.416 e. The van der Waals surface area contributed by atoms with Gasteiger partial charge in [-0.2, -0.15) is 39.5 Å². The van der Waals surface area contributed by atoms with Gasteiger partial charge in [0, 0.05) is 13.1 Å². The largest absolute Gasteiger partial charge is 0.439 e. The lowest BCUT2D eigenvalue weighted by molar-refractivity contribution is -0.143. The van der Waals surface area contributed by atoms with Crippen molar-refractivity contribution in [3.05, 3.63) is 69.8 Å². The van der Waals surface area contributed by atoms with Crippen LogP contribution in [0.5, 0.6) is 0 Å². The number of hydrogen-bond donors (Lipinski definition) is 0. The molecule has 1 aliphatic rings. The van der Waals surface area contributed by atoms with Crippen LogP contribution in [0.25, 0.3) is 0 Å². The maximum Gasteiger partial charge on any atom is 0.416 e. The number of rotatable bonds is 7. The van der Waals surface area contributed by atoms with Crippen molar-refractivity contribution in [2.75, 3.05) is 13.1 Å². The highest BCUT2D eigenvalue weighted by molar-refractivity contribution is 5.71. The second kappa shape index (κ2) is 10.7. The van der Waals surface area contributed by atoms with Crippen molar-refractivity contribution in [3.8, 4) is 0 Å². The molecule has 38 heavy (non-hydrogen) atoms. The number of hydrogen-bond acceptors (Lipinski definition) is 3. The number of cyclic esters (lactones) is 1. The van der Waals surface area contributed by atoms with Crippen LogP contribution in [-0.4, -0.2) is 35.0 Å². The maximum absolute atomic E-state index is 13.4. The van der Waals surface area contributed by atoms with Crippen LogP contribution < -0.4 is 0 Å². The summed E-state index contributed by atoms with van der Waals surface area (Å²) in [5.41, 5.74) is -3.99. The molecule has 1 aliphatic heterocycles. The SMILES string of the molecule is CCN(CC)Cc1ccc(C(F)(F)F)cc1CN1C(=O)OC(c2cc(C(F)(F)F)cc(C(F)(F)F)c2)C1C. The molecule has 0 aromatic heterocycles. The van der Waals surface area contributed by atoms with Crippen molar-refractivity contribution in [3.63, 3.8) is 0 Å². The summed E-state index contributed by atoms with van der Waals surface area (Å²) in [7, 11) is 0. The monoisotopic (exact) mass is 556 g/mol. The van der Waals surface area contributed by atoms with Gasteiger partial charge in [0.05, 0.1) is 22.7 Å². The van der Waals surface area contributed by atoms with Gasteiger partial charge in [-0.25, -0.2) is 4.79 Å². The summed E-state index contributed by atoms with van der Waals surface area (Å²) in [6.45, 7) is 6.15. The first-order valence-corrected chi connectivity index (χ1v) is 11.6. The quantitative estimate of drug-likeness (QED) is 0.328. The predicted octanol–water partition coefficient (Wildman–Crippen LogP) is 7.67. The second-order valence-electron chi connectivity index (χ2n) is 8.95. The van der Waals surface area contributed by atoms with Gasteiger partial charge < -0.3 is 4.74 Å². The lowest BCUT2D eigenvalue weighted by atomic mass is 9.97. The van der Waals surface area contributed by atoms with Gasteiger partial charge in [-0.1, -0.05) is 19.9 Å². The summed E-state index contributed by atoms with van der Waals surface area (Å²) in [6.07, 6.45) is -17.4. The molecule has 0 saturated carbocycles. The molecule has 13 heteroatoms. The van der Waals surface area contributed by atoms with E-state index in [1.165, 1.54) is 13.0 Å². The van der Waals surface area contributed by atoms with Gasteiger partial charge in [0.1, 0.15) is 6.10 Å². The average Bonchev–Trinajstić information content (AvgIpc) is 3.09. The minimum Gasteiger partial charge on any atom is -0.439 e. The van der Waals surface area contributed by atoms with E-state index in [9.17, 15) is 44.3 Å². The van der Waals surface area contributed by atoms with E-state index in [0.29, 0.717) is 30.8 Å². The Morgan fingerprint density at radius 2 is 1.32 bits per heavy atom. The summed E-state index contributed by atoms with van der Waals surface area (Å²) >= 11 is 0. The molecule has 2 unspecified atom stereocenters. The molecule has 2 aromatic rings. The van der Waals surface area contributed by atoms with E-state index in [-0.39, 0.29) is 24.7 Å². The molecule has 210 valence electrons. The summed E-state index contributed by atoms with van der Waals surface area (Å²) in [5, 5.41) is 0. The molecular weight excluding hydrogens is 531 g/mol. The van der Waals surface area contributed by atoms with Gasteiger partial charge in [0.25, 0.3) is 0 Å². The third-order valence-corrected chi connectivity index (χ3v) is 6.49.